The van der Waals surface area contributed by atoms with E-state index in [1.807, 2.05) is 30.3 Å². The fraction of sp³-hybridized carbons (Fsp3) is 0.300. The zero-order valence-electron chi connectivity index (χ0n) is 15.7. The zero-order chi connectivity index (χ0) is 19.4. The molecule has 27 heavy (non-hydrogen) atoms. The predicted octanol–water partition coefficient (Wildman–Crippen LogP) is 5.19. The van der Waals surface area contributed by atoms with Crippen molar-refractivity contribution in [3.63, 3.8) is 0 Å². The number of fused-ring (bicyclic) bond motifs is 1. The van der Waals surface area contributed by atoms with Crippen molar-refractivity contribution in [3.05, 3.63) is 47.0 Å². The van der Waals surface area contributed by atoms with Crippen LogP contribution in [0.15, 0.2) is 36.4 Å². The van der Waals surface area contributed by atoms with Crippen LogP contribution in [-0.2, 0) is 11.3 Å². The number of carbonyl (C=O) groups is 1. The Balaban J connectivity index is 1.87. The van der Waals surface area contributed by atoms with Gasteiger partial charge < -0.3 is 14.2 Å². The molecule has 7 heteroatoms. The number of hydrogen-bond acceptors (Lipinski definition) is 6. The quantitative estimate of drug-likeness (QED) is 0.632. The van der Waals surface area contributed by atoms with Crippen LogP contribution in [0, 0.1) is 0 Å². The number of thiazole rings is 1. The van der Waals surface area contributed by atoms with Crippen LogP contribution in [-0.4, -0.2) is 25.3 Å². The molecule has 1 aromatic heterocycles. The molecule has 0 aliphatic rings. The van der Waals surface area contributed by atoms with Crippen molar-refractivity contribution in [1.82, 2.24) is 4.98 Å². The monoisotopic (exact) mass is 386 g/mol. The standard InChI is InChI=1S/C20H22N2O4S/c1-12(2)13-9-15(22-20(23)25-4)17(24-3)10-16(13)26-11-19-21-14-7-5-6-8-18(14)27-19/h5-10,12H,11H2,1-4H3,(H,22,23). The van der Waals surface area contributed by atoms with Crippen molar-refractivity contribution in [3.8, 4) is 11.5 Å². The minimum absolute atomic E-state index is 0.194. The first-order valence-electron chi connectivity index (χ1n) is 8.56. The van der Waals surface area contributed by atoms with Crippen LogP contribution < -0.4 is 14.8 Å². The Morgan fingerprint density at radius 1 is 1.19 bits per heavy atom. The summed E-state index contributed by atoms with van der Waals surface area (Å²) < 4.78 is 17.3. The van der Waals surface area contributed by atoms with Gasteiger partial charge in [-0.3, -0.25) is 5.32 Å². The molecule has 1 N–H and O–H groups in total. The number of anilines is 1. The summed E-state index contributed by atoms with van der Waals surface area (Å²) in [7, 11) is 2.87. The number of aromatic nitrogens is 1. The number of hydrogen-bond donors (Lipinski definition) is 1. The Morgan fingerprint density at radius 3 is 2.63 bits per heavy atom. The van der Waals surface area contributed by atoms with Crippen molar-refractivity contribution < 1.29 is 19.0 Å². The lowest BCUT2D eigenvalue weighted by Gasteiger charge is -2.18. The van der Waals surface area contributed by atoms with Gasteiger partial charge in [0.1, 0.15) is 23.1 Å². The fourth-order valence-corrected chi connectivity index (χ4v) is 3.58. The largest absolute Gasteiger partial charge is 0.494 e. The van der Waals surface area contributed by atoms with E-state index in [-0.39, 0.29) is 5.92 Å². The summed E-state index contributed by atoms with van der Waals surface area (Å²) in [4.78, 5) is 16.2. The molecule has 3 rings (SSSR count). The lowest BCUT2D eigenvalue weighted by molar-refractivity contribution is 0.186. The van der Waals surface area contributed by atoms with E-state index in [1.54, 1.807) is 24.5 Å². The number of ether oxygens (including phenoxy) is 3. The minimum Gasteiger partial charge on any atom is -0.494 e. The molecule has 0 aliphatic carbocycles. The van der Waals surface area contributed by atoms with Gasteiger partial charge >= 0.3 is 6.09 Å². The van der Waals surface area contributed by atoms with E-state index in [4.69, 9.17) is 9.47 Å². The molecule has 0 radical (unpaired) electrons. The molecule has 0 atom stereocenters. The lowest BCUT2D eigenvalue weighted by atomic mass is 10.0. The topological polar surface area (TPSA) is 69.7 Å². The first-order chi connectivity index (χ1) is 13.0. The van der Waals surface area contributed by atoms with E-state index < -0.39 is 6.09 Å². The molecule has 1 amide bonds. The second-order valence-electron chi connectivity index (χ2n) is 6.23. The van der Waals surface area contributed by atoms with E-state index in [0.29, 0.717) is 23.8 Å². The van der Waals surface area contributed by atoms with Gasteiger partial charge in [-0.25, -0.2) is 9.78 Å². The Kier molecular flexibility index (Phi) is 5.81. The van der Waals surface area contributed by atoms with E-state index in [1.165, 1.54) is 7.11 Å². The lowest BCUT2D eigenvalue weighted by Crippen LogP contribution is -2.12. The molecule has 0 saturated heterocycles. The Labute approximate surface area is 162 Å². The fourth-order valence-electron chi connectivity index (χ4n) is 2.70. The molecule has 142 valence electrons. The second-order valence-corrected chi connectivity index (χ2v) is 7.34. The highest BCUT2D eigenvalue weighted by Crippen LogP contribution is 2.37. The number of benzene rings is 2. The van der Waals surface area contributed by atoms with Gasteiger partial charge in [-0.15, -0.1) is 11.3 Å². The molecule has 1 heterocycles. The van der Waals surface area contributed by atoms with Crippen LogP contribution in [0.25, 0.3) is 10.2 Å². The Bertz CT molecular complexity index is 919. The third-order valence-electron chi connectivity index (χ3n) is 4.07. The number of methoxy groups -OCH3 is 2. The van der Waals surface area contributed by atoms with Gasteiger partial charge in [0, 0.05) is 6.07 Å². The summed E-state index contributed by atoms with van der Waals surface area (Å²) >= 11 is 1.61. The average Bonchev–Trinajstić information content (AvgIpc) is 3.09. The molecule has 0 saturated carbocycles. The van der Waals surface area contributed by atoms with E-state index in [9.17, 15) is 4.79 Å². The highest BCUT2D eigenvalue weighted by atomic mass is 32.1. The number of carbonyl (C=O) groups excluding carboxylic acids is 1. The number of rotatable bonds is 6. The van der Waals surface area contributed by atoms with Crippen LogP contribution in [0.3, 0.4) is 0 Å². The van der Waals surface area contributed by atoms with Gasteiger partial charge in [-0.05, 0) is 29.7 Å². The maximum absolute atomic E-state index is 11.6. The maximum Gasteiger partial charge on any atom is 0.411 e. The van der Waals surface area contributed by atoms with Crippen LogP contribution in [0.1, 0.15) is 30.3 Å². The SMILES string of the molecule is COC(=O)Nc1cc(C(C)C)c(OCc2nc3ccccc3s2)cc1OC. The molecule has 0 spiro atoms. The summed E-state index contributed by atoms with van der Waals surface area (Å²) in [6, 6.07) is 11.7. The predicted molar refractivity (Wildman–Crippen MR) is 107 cm³/mol. The number of nitrogens with zero attached hydrogens (tertiary/aromatic N) is 1. The zero-order valence-corrected chi connectivity index (χ0v) is 16.6. The van der Waals surface area contributed by atoms with E-state index in [0.717, 1.165) is 20.8 Å². The van der Waals surface area contributed by atoms with E-state index in [2.05, 4.69) is 28.9 Å². The molecule has 0 unspecified atom stereocenters. The molecule has 0 bridgehead atoms. The minimum atomic E-state index is -0.550. The van der Waals surface area contributed by atoms with Crippen molar-refractivity contribution >= 4 is 33.3 Å². The van der Waals surface area contributed by atoms with Gasteiger partial charge in [0.2, 0.25) is 0 Å². The van der Waals surface area contributed by atoms with Crippen molar-refractivity contribution in [2.75, 3.05) is 19.5 Å². The summed E-state index contributed by atoms with van der Waals surface area (Å²) in [6.45, 7) is 4.49. The summed E-state index contributed by atoms with van der Waals surface area (Å²) in [5.74, 6) is 1.40. The van der Waals surface area contributed by atoms with Crippen molar-refractivity contribution in [1.29, 1.82) is 0 Å². The third-order valence-corrected chi connectivity index (χ3v) is 5.08. The van der Waals surface area contributed by atoms with Gasteiger partial charge in [0.15, 0.2) is 0 Å². The normalized spacial score (nSPS) is 10.9. The third kappa shape index (κ3) is 4.31. The Hall–Kier alpha value is -2.80. The second kappa shape index (κ2) is 8.26. The maximum atomic E-state index is 11.6. The van der Waals surface area contributed by atoms with Crippen LogP contribution >= 0.6 is 11.3 Å². The molecule has 6 nitrogen and oxygen atoms in total. The molecular formula is C20H22N2O4S. The number of amides is 1. The van der Waals surface area contributed by atoms with E-state index >= 15 is 0 Å². The highest BCUT2D eigenvalue weighted by Gasteiger charge is 2.17. The summed E-state index contributed by atoms with van der Waals surface area (Å²) in [5.41, 5.74) is 2.48. The van der Waals surface area contributed by atoms with Crippen molar-refractivity contribution in [2.24, 2.45) is 0 Å². The molecular weight excluding hydrogens is 364 g/mol. The van der Waals surface area contributed by atoms with Crippen LogP contribution in [0.5, 0.6) is 11.5 Å². The average molecular weight is 386 g/mol. The smallest absolute Gasteiger partial charge is 0.411 e. The van der Waals surface area contributed by atoms with Gasteiger partial charge in [0.25, 0.3) is 0 Å². The Morgan fingerprint density at radius 2 is 1.96 bits per heavy atom. The molecule has 0 fully saturated rings. The first-order valence-corrected chi connectivity index (χ1v) is 9.37. The van der Waals surface area contributed by atoms with Gasteiger partial charge in [0.05, 0.1) is 30.1 Å². The van der Waals surface area contributed by atoms with Gasteiger partial charge in [-0.2, -0.15) is 0 Å². The highest BCUT2D eigenvalue weighted by molar-refractivity contribution is 7.18. The van der Waals surface area contributed by atoms with Crippen LogP contribution in [0.4, 0.5) is 10.5 Å². The first kappa shape index (κ1) is 19.0. The molecule has 2 aromatic carbocycles. The summed E-state index contributed by atoms with van der Waals surface area (Å²) in [6.07, 6.45) is -0.550. The molecule has 3 aromatic rings. The number of para-hydroxylation sites is 1. The van der Waals surface area contributed by atoms with Crippen molar-refractivity contribution in [2.45, 2.75) is 26.4 Å². The molecule has 0 aliphatic heterocycles. The number of nitrogens with one attached hydrogen (secondary N) is 1. The van der Waals surface area contributed by atoms with Gasteiger partial charge in [-0.1, -0.05) is 26.0 Å². The summed E-state index contributed by atoms with van der Waals surface area (Å²) in [5, 5.41) is 3.58. The van der Waals surface area contributed by atoms with Crippen LogP contribution in [0.2, 0.25) is 0 Å².